The average molecular weight is 409 g/mol. The second kappa shape index (κ2) is 8.36. The topological polar surface area (TPSA) is 68.0 Å². The second-order valence-electron chi connectivity index (χ2n) is 5.21. The van der Waals surface area contributed by atoms with Gasteiger partial charge in [0.1, 0.15) is 0 Å². The van der Waals surface area contributed by atoms with Gasteiger partial charge in [-0.15, -0.1) is 0 Å². The van der Waals surface area contributed by atoms with Crippen molar-refractivity contribution in [2.45, 2.75) is 6.54 Å². The van der Waals surface area contributed by atoms with Crippen LogP contribution in [0.15, 0.2) is 53.1 Å². The number of halogens is 3. The summed E-state index contributed by atoms with van der Waals surface area (Å²) in [5.74, 6) is 0.308. The summed E-state index contributed by atoms with van der Waals surface area (Å²) in [5, 5.41) is 8.04. The molecule has 3 rings (SSSR count). The summed E-state index contributed by atoms with van der Waals surface area (Å²) in [6, 6.07) is 12.2. The lowest BCUT2D eigenvalue weighted by molar-refractivity contribution is -0.116. The highest BCUT2D eigenvalue weighted by Gasteiger charge is 2.11. The van der Waals surface area contributed by atoms with E-state index in [-0.39, 0.29) is 18.3 Å². The standard InChI is InChI=1S/C18H12Cl3N3O2/c19-12-7-5-11(15(21)9-12)6-8-16(25)22-10-17-23-18(24-26-17)13-3-1-2-4-14(13)20/h1-9H,10H2,(H,22,25). The Balaban J connectivity index is 1.60. The Morgan fingerprint density at radius 1 is 1.12 bits per heavy atom. The van der Waals surface area contributed by atoms with Gasteiger partial charge >= 0.3 is 0 Å². The Hall–Kier alpha value is -2.34. The lowest BCUT2D eigenvalue weighted by Crippen LogP contribution is -2.20. The van der Waals surface area contributed by atoms with Gasteiger partial charge < -0.3 is 9.84 Å². The molecular formula is C18H12Cl3N3O2. The van der Waals surface area contributed by atoms with Crippen LogP contribution in [0, 0.1) is 0 Å². The molecular weight excluding hydrogens is 397 g/mol. The summed E-state index contributed by atoms with van der Waals surface area (Å²) in [7, 11) is 0. The van der Waals surface area contributed by atoms with E-state index < -0.39 is 0 Å². The molecule has 0 atom stereocenters. The molecule has 8 heteroatoms. The molecule has 1 N–H and O–H groups in total. The van der Waals surface area contributed by atoms with Gasteiger partial charge in [-0.25, -0.2) is 0 Å². The third-order valence-electron chi connectivity index (χ3n) is 3.37. The lowest BCUT2D eigenvalue weighted by Gasteiger charge is -1.99. The van der Waals surface area contributed by atoms with Gasteiger partial charge in [-0.05, 0) is 35.9 Å². The van der Waals surface area contributed by atoms with Gasteiger partial charge in [-0.1, -0.05) is 58.2 Å². The van der Waals surface area contributed by atoms with E-state index in [2.05, 4.69) is 15.5 Å². The molecule has 26 heavy (non-hydrogen) atoms. The zero-order valence-electron chi connectivity index (χ0n) is 13.2. The summed E-state index contributed by atoms with van der Waals surface area (Å²) in [6.07, 6.45) is 2.96. The minimum absolute atomic E-state index is 0.0922. The quantitative estimate of drug-likeness (QED) is 0.601. The molecule has 0 aliphatic rings. The number of aromatic nitrogens is 2. The van der Waals surface area contributed by atoms with E-state index in [0.717, 1.165) is 0 Å². The molecule has 0 unspecified atom stereocenters. The minimum atomic E-state index is -0.325. The van der Waals surface area contributed by atoms with Crippen molar-refractivity contribution in [1.82, 2.24) is 15.5 Å². The van der Waals surface area contributed by atoms with Crippen LogP contribution in [0.2, 0.25) is 15.1 Å². The number of hydrogen-bond donors (Lipinski definition) is 1. The van der Waals surface area contributed by atoms with Crippen LogP contribution in [0.4, 0.5) is 0 Å². The summed E-state index contributed by atoms with van der Waals surface area (Å²) in [5.41, 5.74) is 1.35. The van der Waals surface area contributed by atoms with Crippen LogP contribution in [-0.2, 0) is 11.3 Å². The molecule has 0 saturated heterocycles. The molecule has 0 fully saturated rings. The Bertz CT molecular complexity index is 970. The molecule has 0 aliphatic heterocycles. The van der Waals surface area contributed by atoms with Gasteiger partial charge in [0.25, 0.3) is 0 Å². The van der Waals surface area contributed by atoms with Gasteiger partial charge in [0, 0.05) is 21.7 Å². The first-order valence-corrected chi connectivity index (χ1v) is 8.65. The van der Waals surface area contributed by atoms with E-state index >= 15 is 0 Å². The SMILES string of the molecule is O=C(C=Cc1ccc(Cl)cc1Cl)NCc1nc(-c2ccccc2Cl)no1. The third kappa shape index (κ3) is 4.64. The first-order chi connectivity index (χ1) is 12.5. The summed E-state index contributed by atoms with van der Waals surface area (Å²) in [6.45, 7) is 0.0922. The number of rotatable bonds is 5. The number of carbonyl (C=O) groups is 1. The first-order valence-electron chi connectivity index (χ1n) is 7.51. The van der Waals surface area contributed by atoms with Crippen LogP contribution in [0.3, 0.4) is 0 Å². The highest BCUT2D eigenvalue weighted by atomic mass is 35.5. The van der Waals surface area contributed by atoms with E-state index in [9.17, 15) is 4.79 Å². The summed E-state index contributed by atoms with van der Waals surface area (Å²) >= 11 is 18.0. The number of nitrogens with zero attached hydrogens (tertiary/aromatic N) is 2. The number of benzene rings is 2. The van der Waals surface area contributed by atoms with E-state index in [0.29, 0.717) is 32.0 Å². The normalized spacial score (nSPS) is 11.0. The largest absolute Gasteiger partial charge is 0.343 e. The summed E-state index contributed by atoms with van der Waals surface area (Å²) in [4.78, 5) is 16.1. The van der Waals surface area contributed by atoms with E-state index in [4.69, 9.17) is 39.3 Å². The van der Waals surface area contributed by atoms with Gasteiger partial charge in [0.05, 0.1) is 11.6 Å². The zero-order chi connectivity index (χ0) is 18.5. The van der Waals surface area contributed by atoms with E-state index in [1.807, 2.05) is 12.1 Å². The number of carbonyl (C=O) groups excluding carboxylic acids is 1. The smallest absolute Gasteiger partial charge is 0.246 e. The number of hydrogen-bond acceptors (Lipinski definition) is 4. The molecule has 0 saturated carbocycles. The van der Waals surface area contributed by atoms with Crippen molar-refractivity contribution in [1.29, 1.82) is 0 Å². The van der Waals surface area contributed by atoms with E-state index in [1.54, 1.807) is 36.4 Å². The molecule has 1 heterocycles. The maximum absolute atomic E-state index is 11.9. The van der Waals surface area contributed by atoms with Crippen molar-refractivity contribution in [3.05, 3.63) is 75.1 Å². The molecule has 0 bridgehead atoms. The maximum Gasteiger partial charge on any atom is 0.246 e. The molecule has 0 radical (unpaired) electrons. The van der Waals surface area contributed by atoms with Crippen molar-refractivity contribution in [2.75, 3.05) is 0 Å². The molecule has 0 aliphatic carbocycles. The molecule has 0 spiro atoms. The fourth-order valence-electron chi connectivity index (χ4n) is 2.10. The summed E-state index contributed by atoms with van der Waals surface area (Å²) < 4.78 is 5.13. The van der Waals surface area contributed by atoms with Crippen LogP contribution in [0.25, 0.3) is 17.5 Å². The third-order valence-corrected chi connectivity index (χ3v) is 4.27. The van der Waals surface area contributed by atoms with Gasteiger partial charge in [0.15, 0.2) is 0 Å². The number of amides is 1. The Morgan fingerprint density at radius 2 is 1.92 bits per heavy atom. The maximum atomic E-state index is 11.9. The monoisotopic (exact) mass is 407 g/mol. The highest BCUT2D eigenvalue weighted by molar-refractivity contribution is 6.35. The van der Waals surface area contributed by atoms with Crippen LogP contribution in [-0.4, -0.2) is 16.0 Å². The second-order valence-corrected chi connectivity index (χ2v) is 6.46. The lowest BCUT2D eigenvalue weighted by atomic mass is 10.2. The Kier molecular flexibility index (Phi) is 5.93. The highest BCUT2D eigenvalue weighted by Crippen LogP contribution is 2.25. The van der Waals surface area contributed by atoms with Crippen LogP contribution < -0.4 is 5.32 Å². The molecule has 1 amide bonds. The van der Waals surface area contributed by atoms with Crippen LogP contribution in [0.1, 0.15) is 11.5 Å². The fourth-order valence-corrected chi connectivity index (χ4v) is 2.79. The van der Waals surface area contributed by atoms with Gasteiger partial charge in [-0.3, -0.25) is 4.79 Å². The molecule has 1 aromatic heterocycles. The zero-order valence-corrected chi connectivity index (χ0v) is 15.5. The van der Waals surface area contributed by atoms with Crippen molar-refractivity contribution in [3.63, 3.8) is 0 Å². The molecule has 2 aromatic carbocycles. The molecule has 132 valence electrons. The Labute approximate surface area is 164 Å². The predicted octanol–water partition coefficient (Wildman–Crippen LogP) is 5.03. The number of nitrogens with one attached hydrogen (secondary N) is 1. The average Bonchev–Trinajstić information content (AvgIpc) is 3.08. The van der Waals surface area contributed by atoms with Gasteiger partial charge in [-0.2, -0.15) is 4.98 Å². The van der Waals surface area contributed by atoms with Crippen LogP contribution >= 0.6 is 34.8 Å². The van der Waals surface area contributed by atoms with Crippen molar-refractivity contribution < 1.29 is 9.32 Å². The fraction of sp³-hybridized carbons (Fsp3) is 0.0556. The Morgan fingerprint density at radius 3 is 2.69 bits per heavy atom. The molecule has 3 aromatic rings. The van der Waals surface area contributed by atoms with E-state index in [1.165, 1.54) is 6.08 Å². The van der Waals surface area contributed by atoms with Gasteiger partial charge in [0.2, 0.25) is 17.6 Å². The van der Waals surface area contributed by atoms with Crippen molar-refractivity contribution in [2.24, 2.45) is 0 Å². The molecule has 5 nitrogen and oxygen atoms in total. The van der Waals surface area contributed by atoms with Crippen molar-refractivity contribution in [3.8, 4) is 11.4 Å². The minimum Gasteiger partial charge on any atom is -0.343 e. The predicted molar refractivity (Wildman–Crippen MR) is 102 cm³/mol. The first kappa shape index (κ1) is 18.5. The van der Waals surface area contributed by atoms with Crippen molar-refractivity contribution >= 4 is 46.8 Å². The van der Waals surface area contributed by atoms with Crippen LogP contribution in [0.5, 0.6) is 0 Å².